The van der Waals surface area contributed by atoms with Gasteiger partial charge in [0.2, 0.25) is 0 Å². The third-order valence-corrected chi connectivity index (χ3v) is 3.69. The van der Waals surface area contributed by atoms with Crippen LogP contribution in [-0.2, 0) is 0 Å². The number of hydrogen-bond acceptors (Lipinski definition) is 3. The quantitative estimate of drug-likeness (QED) is 0.733. The van der Waals surface area contributed by atoms with Crippen molar-refractivity contribution in [2.24, 2.45) is 0 Å². The molecule has 0 saturated carbocycles. The van der Waals surface area contributed by atoms with Gasteiger partial charge in [0.1, 0.15) is 6.07 Å². The maximum absolute atomic E-state index is 8.81. The predicted molar refractivity (Wildman–Crippen MR) is 58.7 cm³/mol. The van der Waals surface area contributed by atoms with E-state index in [0.717, 1.165) is 14.6 Å². The second kappa shape index (κ2) is 3.02. The fourth-order valence-electron chi connectivity index (χ4n) is 1.20. The lowest BCUT2D eigenvalue weighted by atomic mass is 10.2. The van der Waals surface area contributed by atoms with Crippen LogP contribution in [0.1, 0.15) is 5.56 Å². The summed E-state index contributed by atoms with van der Waals surface area (Å²) in [6.45, 7) is 0. The third kappa shape index (κ3) is 1.30. The average Bonchev–Trinajstić information content (AvgIpc) is 2.47. The average molecular weight is 253 g/mol. The molecule has 2 rings (SSSR count). The molecule has 1 aromatic heterocycles. The highest BCUT2D eigenvalue weighted by atomic mass is 79.9. The van der Waals surface area contributed by atoms with E-state index in [1.807, 2.05) is 17.5 Å². The minimum absolute atomic E-state index is 0.675. The number of thiophene rings is 1. The van der Waals surface area contributed by atoms with Gasteiger partial charge in [0.05, 0.1) is 5.56 Å². The molecular formula is C9H5BrN2S. The Labute approximate surface area is 87.7 Å². The van der Waals surface area contributed by atoms with Crippen LogP contribution in [0.4, 0.5) is 5.69 Å². The first-order valence-electron chi connectivity index (χ1n) is 3.58. The lowest BCUT2D eigenvalue weighted by Gasteiger charge is -1.96. The number of fused-ring (bicyclic) bond motifs is 1. The molecule has 0 aliphatic carbocycles. The summed E-state index contributed by atoms with van der Waals surface area (Å²) in [4.78, 5) is 0. The Bertz CT molecular complexity index is 510. The standard InChI is InChI=1S/C9H5BrN2S/c10-8-2-6(12)1-7-5(3-11)4-13-9(7)8/h1-2,4H,12H2. The predicted octanol–water partition coefficient (Wildman–Crippen LogP) is 3.12. The molecule has 0 saturated heterocycles. The van der Waals surface area contributed by atoms with Gasteiger partial charge in [0, 0.05) is 25.6 Å². The summed E-state index contributed by atoms with van der Waals surface area (Å²) in [7, 11) is 0. The molecule has 1 heterocycles. The number of nitriles is 1. The molecule has 0 spiro atoms. The largest absolute Gasteiger partial charge is 0.399 e. The monoisotopic (exact) mass is 252 g/mol. The van der Waals surface area contributed by atoms with Crippen molar-refractivity contribution >= 4 is 43.0 Å². The van der Waals surface area contributed by atoms with Crippen LogP contribution in [0.3, 0.4) is 0 Å². The molecular weight excluding hydrogens is 248 g/mol. The molecule has 2 nitrogen and oxygen atoms in total. The minimum Gasteiger partial charge on any atom is -0.399 e. The summed E-state index contributed by atoms with van der Waals surface area (Å²) in [5.41, 5.74) is 7.04. The number of hydrogen-bond donors (Lipinski definition) is 1. The van der Waals surface area contributed by atoms with Gasteiger partial charge in [-0.15, -0.1) is 11.3 Å². The zero-order chi connectivity index (χ0) is 9.42. The first kappa shape index (κ1) is 8.54. The Kier molecular flexibility index (Phi) is 1.98. The van der Waals surface area contributed by atoms with Gasteiger partial charge < -0.3 is 5.73 Å². The molecule has 13 heavy (non-hydrogen) atoms. The molecule has 0 aliphatic rings. The normalized spacial score (nSPS) is 10.2. The Balaban J connectivity index is 2.92. The van der Waals surface area contributed by atoms with Gasteiger partial charge in [-0.25, -0.2) is 0 Å². The van der Waals surface area contributed by atoms with Crippen LogP contribution in [0.2, 0.25) is 0 Å². The Morgan fingerprint density at radius 3 is 2.92 bits per heavy atom. The summed E-state index contributed by atoms with van der Waals surface area (Å²) in [5.74, 6) is 0. The molecule has 0 bridgehead atoms. The van der Waals surface area contributed by atoms with Gasteiger partial charge in [0.15, 0.2) is 0 Å². The zero-order valence-electron chi connectivity index (χ0n) is 6.54. The fraction of sp³-hybridized carbons (Fsp3) is 0. The molecule has 0 fully saturated rings. The van der Waals surface area contributed by atoms with Crippen molar-refractivity contribution in [3.8, 4) is 6.07 Å². The maximum atomic E-state index is 8.81. The maximum Gasteiger partial charge on any atom is 0.101 e. The second-order valence-corrected chi connectivity index (χ2v) is 4.37. The summed E-state index contributed by atoms with van der Waals surface area (Å²) < 4.78 is 2.03. The van der Waals surface area contributed by atoms with Gasteiger partial charge in [0.25, 0.3) is 0 Å². The van der Waals surface area contributed by atoms with Gasteiger partial charge in [-0.2, -0.15) is 5.26 Å². The summed E-state index contributed by atoms with van der Waals surface area (Å²) in [6, 6.07) is 5.81. The molecule has 0 radical (unpaired) electrons. The Morgan fingerprint density at radius 2 is 2.23 bits per heavy atom. The van der Waals surface area contributed by atoms with Crippen molar-refractivity contribution in [2.75, 3.05) is 5.73 Å². The summed E-state index contributed by atoms with van der Waals surface area (Å²) in [5, 5.41) is 11.6. The first-order valence-corrected chi connectivity index (χ1v) is 5.26. The van der Waals surface area contributed by atoms with Crippen LogP contribution in [0.15, 0.2) is 22.0 Å². The zero-order valence-corrected chi connectivity index (χ0v) is 8.95. The van der Waals surface area contributed by atoms with Gasteiger partial charge in [-0.1, -0.05) is 0 Å². The van der Waals surface area contributed by atoms with Gasteiger partial charge >= 0.3 is 0 Å². The second-order valence-electron chi connectivity index (χ2n) is 2.64. The van der Waals surface area contributed by atoms with Crippen molar-refractivity contribution < 1.29 is 0 Å². The van der Waals surface area contributed by atoms with Crippen LogP contribution in [-0.4, -0.2) is 0 Å². The molecule has 2 N–H and O–H groups in total. The van der Waals surface area contributed by atoms with Crippen LogP contribution in [0, 0.1) is 11.3 Å². The van der Waals surface area contributed by atoms with Crippen molar-refractivity contribution in [3.63, 3.8) is 0 Å². The SMILES string of the molecule is N#Cc1csc2c(Br)cc(N)cc12. The summed E-state index contributed by atoms with van der Waals surface area (Å²) >= 11 is 4.96. The highest BCUT2D eigenvalue weighted by Gasteiger charge is 2.06. The lowest BCUT2D eigenvalue weighted by molar-refractivity contribution is 1.52. The topological polar surface area (TPSA) is 49.8 Å². The molecule has 1 aromatic carbocycles. The highest BCUT2D eigenvalue weighted by Crippen LogP contribution is 2.33. The highest BCUT2D eigenvalue weighted by molar-refractivity contribution is 9.10. The number of rotatable bonds is 0. The number of anilines is 1. The van der Waals surface area contributed by atoms with Gasteiger partial charge in [-0.05, 0) is 28.1 Å². The van der Waals surface area contributed by atoms with E-state index in [9.17, 15) is 0 Å². The van der Waals surface area contributed by atoms with Crippen molar-refractivity contribution in [1.29, 1.82) is 5.26 Å². The smallest absolute Gasteiger partial charge is 0.101 e. The van der Waals surface area contributed by atoms with Crippen molar-refractivity contribution in [3.05, 3.63) is 27.5 Å². The Hall–Kier alpha value is -1.05. The first-order chi connectivity index (χ1) is 6.22. The van der Waals surface area contributed by atoms with E-state index in [0.29, 0.717) is 11.3 Å². The molecule has 2 aromatic rings. The number of benzene rings is 1. The van der Waals surface area contributed by atoms with Crippen molar-refractivity contribution in [1.82, 2.24) is 0 Å². The molecule has 0 atom stereocenters. The fourth-order valence-corrected chi connectivity index (χ4v) is 2.84. The van der Waals surface area contributed by atoms with Crippen LogP contribution in [0.5, 0.6) is 0 Å². The minimum atomic E-state index is 0.675. The van der Waals surface area contributed by atoms with E-state index in [4.69, 9.17) is 11.0 Å². The Morgan fingerprint density at radius 1 is 1.46 bits per heavy atom. The molecule has 0 unspecified atom stereocenters. The summed E-state index contributed by atoms with van der Waals surface area (Å²) in [6.07, 6.45) is 0. The van der Waals surface area contributed by atoms with Crippen LogP contribution < -0.4 is 5.73 Å². The molecule has 64 valence electrons. The number of nitrogen functional groups attached to an aromatic ring is 1. The third-order valence-electron chi connectivity index (χ3n) is 1.77. The molecule has 4 heteroatoms. The van der Waals surface area contributed by atoms with E-state index in [1.54, 1.807) is 11.3 Å². The number of nitrogens with two attached hydrogens (primary N) is 1. The molecule has 0 amide bonds. The lowest BCUT2D eigenvalue weighted by Crippen LogP contribution is -1.83. The van der Waals surface area contributed by atoms with E-state index in [1.165, 1.54) is 0 Å². The van der Waals surface area contributed by atoms with E-state index < -0.39 is 0 Å². The van der Waals surface area contributed by atoms with Gasteiger partial charge in [-0.3, -0.25) is 0 Å². The molecule has 0 aliphatic heterocycles. The van der Waals surface area contributed by atoms with Crippen LogP contribution >= 0.6 is 27.3 Å². The van der Waals surface area contributed by atoms with E-state index in [-0.39, 0.29) is 0 Å². The van der Waals surface area contributed by atoms with Crippen LogP contribution in [0.25, 0.3) is 10.1 Å². The van der Waals surface area contributed by atoms with E-state index in [2.05, 4.69) is 22.0 Å². The van der Waals surface area contributed by atoms with E-state index >= 15 is 0 Å². The number of nitrogens with zero attached hydrogens (tertiary/aromatic N) is 1. The van der Waals surface area contributed by atoms with Crippen molar-refractivity contribution in [2.45, 2.75) is 0 Å². The number of halogens is 1.